The zero-order chi connectivity index (χ0) is 22.1. The van der Waals surface area contributed by atoms with Crippen molar-refractivity contribution in [3.05, 3.63) is 63.8 Å². The van der Waals surface area contributed by atoms with Crippen LogP contribution in [-0.4, -0.2) is 48.4 Å². The van der Waals surface area contributed by atoms with Gasteiger partial charge in [0.15, 0.2) is 0 Å². The fourth-order valence-corrected chi connectivity index (χ4v) is 5.96. The molecule has 1 atom stereocenters. The van der Waals surface area contributed by atoms with Gasteiger partial charge in [-0.2, -0.15) is 0 Å². The molecule has 2 aromatic carbocycles. The van der Waals surface area contributed by atoms with Gasteiger partial charge in [0.25, 0.3) is 0 Å². The molecule has 2 aliphatic rings. The van der Waals surface area contributed by atoms with E-state index in [1.807, 2.05) is 0 Å². The van der Waals surface area contributed by atoms with Crippen LogP contribution in [0, 0.1) is 18.3 Å². The number of rotatable bonds is 4. The summed E-state index contributed by atoms with van der Waals surface area (Å²) >= 11 is 1.69. The summed E-state index contributed by atoms with van der Waals surface area (Å²) in [5, 5.41) is 11.5. The van der Waals surface area contributed by atoms with Gasteiger partial charge < -0.3 is 20.3 Å². The second-order valence-corrected chi connectivity index (χ2v) is 10.3. The first-order valence-electron chi connectivity index (χ1n) is 11.6. The number of nitrogens with zero attached hydrogens (tertiary/aromatic N) is 2. The summed E-state index contributed by atoms with van der Waals surface area (Å²) in [5.74, 6) is 1.87. The summed E-state index contributed by atoms with van der Waals surface area (Å²) in [6.07, 6.45) is 2.85. The van der Waals surface area contributed by atoms with Crippen LogP contribution in [-0.2, 0) is 6.42 Å². The zero-order valence-corrected chi connectivity index (χ0v) is 19.5. The molecule has 5 rings (SSSR count). The van der Waals surface area contributed by atoms with E-state index >= 15 is 0 Å². The molecule has 2 aliphatic heterocycles. The van der Waals surface area contributed by atoms with Crippen LogP contribution >= 0.6 is 11.3 Å². The molecule has 0 radical (unpaired) electrons. The molecule has 5 nitrogen and oxygen atoms in total. The summed E-state index contributed by atoms with van der Waals surface area (Å²) in [6, 6.07) is 17.4. The molecule has 0 bridgehead atoms. The van der Waals surface area contributed by atoms with Crippen molar-refractivity contribution in [1.29, 1.82) is 5.41 Å². The molecule has 1 aromatic heterocycles. The lowest BCUT2D eigenvalue weighted by Crippen LogP contribution is -2.46. The Morgan fingerprint density at radius 2 is 1.88 bits per heavy atom. The maximum absolute atomic E-state index is 8.91. The van der Waals surface area contributed by atoms with E-state index in [4.69, 9.17) is 15.9 Å². The van der Waals surface area contributed by atoms with Crippen LogP contribution in [0.3, 0.4) is 0 Å². The number of thiophene rings is 1. The van der Waals surface area contributed by atoms with Gasteiger partial charge >= 0.3 is 0 Å². The largest absolute Gasteiger partial charge is 0.490 e. The first-order valence-corrected chi connectivity index (χ1v) is 12.4. The highest BCUT2D eigenvalue weighted by Gasteiger charge is 2.32. The third-order valence-electron chi connectivity index (χ3n) is 6.86. The van der Waals surface area contributed by atoms with Crippen molar-refractivity contribution in [3.8, 4) is 5.75 Å². The van der Waals surface area contributed by atoms with E-state index in [0.717, 1.165) is 49.5 Å². The SMILES string of the molecule is Cc1cc2c(s1)C(N)N(C(=N)C1CCN(CCc3ccc4ccccc4c3)CC1)CCO2. The van der Waals surface area contributed by atoms with Gasteiger partial charge in [-0.1, -0.05) is 42.5 Å². The third-order valence-corrected chi connectivity index (χ3v) is 7.96. The van der Waals surface area contributed by atoms with Gasteiger partial charge in [-0.25, -0.2) is 0 Å². The Kier molecular flexibility index (Phi) is 6.17. The lowest BCUT2D eigenvalue weighted by Gasteiger charge is -2.37. The molecule has 3 N–H and O–H groups in total. The van der Waals surface area contributed by atoms with Crippen LogP contribution in [0.5, 0.6) is 5.75 Å². The average molecular weight is 449 g/mol. The standard InChI is InChI=1S/C26H32N4OS/c1-18-16-23-24(32-18)26(28)30(14-15-31-23)25(27)21-9-12-29(13-10-21)11-8-19-6-7-20-4-2-3-5-22(20)17-19/h2-7,16-17,21,26-27H,8-15,28H2,1H3. The van der Waals surface area contributed by atoms with Crippen LogP contribution < -0.4 is 10.5 Å². The molecular formula is C26H32N4OS. The van der Waals surface area contributed by atoms with E-state index in [1.54, 1.807) is 11.3 Å². The minimum Gasteiger partial charge on any atom is -0.490 e. The third kappa shape index (κ3) is 4.40. The Hall–Kier alpha value is -2.41. The highest BCUT2D eigenvalue weighted by atomic mass is 32.1. The number of amidine groups is 1. The average Bonchev–Trinajstić information content (AvgIpc) is 3.13. The summed E-state index contributed by atoms with van der Waals surface area (Å²) in [4.78, 5) is 6.87. The number of likely N-dealkylation sites (tertiary alicyclic amines) is 1. The van der Waals surface area contributed by atoms with Crippen molar-refractivity contribution in [2.45, 2.75) is 32.4 Å². The molecule has 3 aromatic rings. The minimum atomic E-state index is -0.273. The highest BCUT2D eigenvalue weighted by molar-refractivity contribution is 7.12. The first-order chi connectivity index (χ1) is 15.6. The van der Waals surface area contributed by atoms with Gasteiger partial charge in [-0.3, -0.25) is 5.41 Å². The number of aryl methyl sites for hydroxylation is 1. The molecule has 6 heteroatoms. The number of nitrogens with two attached hydrogens (primary N) is 1. The Balaban J connectivity index is 1.16. The topological polar surface area (TPSA) is 65.6 Å². The monoisotopic (exact) mass is 448 g/mol. The maximum Gasteiger partial charge on any atom is 0.137 e. The van der Waals surface area contributed by atoms with Gasteiger partial charge in [0.2, 0.25) is 0 Å². The minimum absolute atomic E-state index is 0.273. The van der Waals surface area contributed by atoms with E-state index in [-0.39, 0.29) is 12.1 Å². The van der Waals surface area contributed by atoms with Crippen molar-refractivity contribution in [3.63, 3.8) is 0 Å². The van der Waals surface area contributed by atoms with E-state index in [2.05, 4.69) is 65.3 Å². The molecule has 0 saturated carbocycles. The van der Waals surface area contributed by atoms with E-state index < -0.39 is 0 Å². The number of hydrogen-bond acceptors (Lipinski definition) is 5. The Labute approximate surface area is 194 Å². The Morgan fingerprint density at radius 1 is 1.09 bits per heavy atom. The molecule has 0 amide bonds. The van der Waals surface area contributed by atoms with Crippen LogP contribution in [0.4, 0.5) is 0 Å². The number of benzene rings is 2. The smallest absolute Gasteiger partial charge is 0.137 e. The van der Waals surface area contributed by atoms with Crippen LogP contribution in [0.1, 0.15) is 34.3 Å². The predicted octanol–water partition coefficient (Wildman–Crippen LogP) is 4.79. The van der Waals surface area contributed by atoms with Gasteiger partial charge in [0.05, 0.1) is 11.4 Å². The molecule has 32 heavy (non-hydrogen) atoms. The molecule has 1 saturated heterocycles. The van der Waals surface area contributed by atoms with Gasteiger partial charge in [-0.15, -0.1) is 11.3 Å². The fraction of sp³-hybridized carbons (Fsp3) is 0.423. The molecule has 0 aliphatic carbocycles. The van der Waals surface area contributed by atoms with E-state index in [0.29, 0.717) is 19.0 Å². The van der Waals surface area contributed by atoms with Crippen LogP contribution in [0.2, 0.25) is 0 Å². The number of fused-ring (bicyclic) bond motifs is 2. The number of piperidine rings is 1. The number of ether oxygens (including phenoxy) is 1. The van der Waals surface area contributed by atoms with E-state index in [9.17, 15) is 0 Å². The first kappa shape index (κ1) is 21.4. The molecule has 3 heterocycles. The number of hydrogen-bond donors (Lipinski definition) is 2. The Bertz CT molecular complexity index is 1100. The molecule has 0 spiro atoms. The van der Waals surface area contributed by atoms with Crippen molar-refractivity contribution >= 4 is 27.9 Å². The second kappa shape index (κ2) is 9.22. The zero-order valence-electron chi connectivity index (χ0n) is 18.7. The highest BCUT2D eigenvalue weighted by Crippen LogP contribution is 2.37. The quantitative estimate of drug-likeness (QED) is 0.445. The molecule has 1 unspecified atom stereocenters. The normalized spacial score (nSPS) is 20.1. The molecule has 168 valence electrons. The van der Waals surface area contributed by atoms with Crippen LogP contribution in [0.15, 0.2) is 48.5 Å². The summed E-state index contributed by atoms with van der Waals surface area (Å²) < 4.78 is 5.91. The Morgan fingerprint density at radius 3 is 2.69 bits per heavy atom. The maximum atomic E-state index is 8.91. The lowest BCUT2D eigenvalue weighted by atomic mass is 9.94. The van der Waals surface area contributed by atoms with Crippen molar-refractivity contribution in [2.75, 3.05) is 32.8 Å². The van der Waals surface area contributed by atoms with Crippen molar-refractivity contribution < 1.29 is 4.74 Å². The summed E-state index contributed by atoms with van der Waals surface area (Å²) in [6.45, 7) is 6.52. The second-order valence-electron chi connectivity index (χ2n) is 9.00. The van der Waals surface area contributed by atoms with Gasteiger partial charge in [0, 0.05) is 17.3 Å². The lowest BCUT2D eigenvalue weighted by molar-refractivity contribution is 0.195. The van der Waals surface area contributed by atoms with Crippen LogP contribution in [0.25, 0.3) is 10.8 Å². The summed E-state index contributed by atoms with van der Waals surface area (Å²) in [7, 11) is 0. The van der Waals surface area contributed by atoms with Gasteiger partial charge in [0.1, 0.15) is 24.4 Å². The fourth-order valence-electron chi connectivity index (χ4n) is 4.98. The number of nitrogens with one attached hydrogen (secondary N) is 1. The van der Waals surface area contributed by atoms with Crippen molar-refractivity contribution in [2.24, 2.45) is 11.7 Å². The van der Waals surface area contributed by atoms with Crippen molar-refractivity contribution in [1.82, 2.24) is 9.80 Å². The van der Waals surface area contributed by atoms with E-state index in [1.165, 1.54) is 21.2 Å². The van der Waals surface area contributed by atoms with Gasteiger partial charge in [-0.05, 0) is 61.7 Å². The molecular weight excluding hydrogens is 416 g/mol. The molecule has 1 fully saturated rings. The predicted molar refractivity (Wildman–Crippen MR) is 133 cm³/mol. The summed E-state index contributed by atoms with van der Waals surface area (Å²) in [5.41, 5.74) is 7.99.